The van der Waals surface area contributed by atoms with Crippen LogP contribution in [0.4, 0.5) is 0 Å². The number of hydrogen-bond donors (Lipinski definition) is 3. The second-order valence-electron chi connectivity index (χ2n) is 2.74. The van der Waals surface area contributed by atoms with Crippen molar-refractivity contribution >= 4 is 11.9 Å². The van der Waals surface area contributed by atoms with E-state index in [1.807, 2.05) is 0 Å². The summed E-state index contributed by atoms with van der Waals surface area (Å²) in [6.45, 7) is 5.46. The Hall–Kier alpha value is -0.400. The molecular formula is C9H16N3NaO3. The van der Waals surface area contributed by atoms with Gasteiger partial charge in [-0.2, -0.15) is 0 Å². The third-order valence-corrected chi connectivity index (χ3v) is 1.49. The van der Waals surface area contributed by atoms with Gasteiger partial charge in [0.05, 0.1) is 13.1 Å². The minimum Gasteiger partial charge on any atom is -0.859 e. The third-order valence-electron chi connectivity index (χ3n) is 1.49. The van der Waals surface area contributed by atoms with Crippen LogP contribution in [0.3, 0.4) is 0 Å². The van der Waals surface area contributed by atoms with Gasteiger partial charge >= 0.3 is 35.5 Å². The van der Waals surface area contributed by atoms with Gasteiger partial charge in [-0.25, -0.2) is 0 Å². The van der Waals surface area contributed by atoms with Crippen LogP contribution < -0.4 is 45.3 Å². The summed E-state index contributed by atoms with van der Waals surface area (Å²) in [7, 11) is 0. The summed E-state index contributed by atoms with van der Waals surface area (Å²) < 4.78 is 0. The number of aliphatic carboxylic acids is 1. The van der Waals surface area contributed by atoms with Gasteiger partial charge in [-0.3, -0.25) is 9.79 Å². The van der Waals surface area contributed by atoms with E-state index in [1.54, 1.807) is 0 Å². The monoisotopic (exact) mass is 237 g/mol. The van der Waals surface area contributed by atoms with E-state index in [0.717, 1.165) is 6.08 Å². The van der Waals surface area contributed by atoms with Crippen LogP contribution in [0.1, 0.15) is 0 Å². The van der Waals surface area contributed by atoms with Crippen LogP contribution in [0.15, 0.2) is 17.6 Å². The Balaban J connectivity index is 0. The van der Waals surface area contributed by atoms with Crippen molar-refractivity contribution in [3.8, 4) is 0 Å². The average molecular weight is 237 g/mol. The van der Waals surface area contributed by atoms with Gasteiger partial charge in [0.25, 0.3) is 0 Å². The van der Waals surface area contributed by atoms with Crippen molar-refractivity contribution < 1.29 is 44.6 Å². The van der Waals surface area contributed by atoms with E-state index in [2.05, 4.69) is 22.2 Å². The Bertz CT molecular complexity index is 234. The topological polar surface area (TPSA) is 96.8 Å². The maximum Gasteiger partial charge on any atom is 1.00 e. The van der Waals surface area contributed by atoms with Crippen molar-refractivity contribution in [3.05, 3.63) is 12.7 Å². The van der Waals surface area contributed by atoms with E-state index in [-0.39, 0.29) is 42.0 Å². The molecule has 0 heterocycles. The Labute approximate surface area is 117 Å². The molecule has 0 aromatic carbocycles. The normalized spacial score (nSPS) is 10.6. The van der Waals surface area contributed by atoms with Gasteiger partial charge in [-0.1, -0.05) is 12.7 Å². The molecule has 0 aromatic heterocycles. The number of carbonyl (C=O) groups is 1. The first-order valence-corrected chi connectivity index (χ1v) is 4.64. The van der Waals surface area contributed by atoms with E-state index in [1.165, 1.54) is 0 Å². The summed E-state index contributed by atoms with van der Waals surface area (Å²) in [4.78, 5) is 13.8. The van der Waals surface area contributed by atoms with Gasteiger partial charge in [0, 0.05) is 19.6 Å². The molecule has 0 unspecified atom stereocenters. The Morgan fingerprint density at radius 2 is 2.00 bits per heavy atom. The first-order valence-electron chi connectivity index (χ1n) is 4.64. The molecule has 0 aliphatic heterocycles. The molecular weight excluding hydrogens is 221 g/mol. The molecule has 0 aliphatic rings. The molecule has 86 valence electrons. The summed E-state index contributed by atoms with van der Waals surface area (Å²) in [5.74, 6) is -1.19. The van der Waals surface area contributed by atoms with Crippen LogP contribution in [0.2, 0.25) is 0 Å². The molecule has 16 heavy (non-hydrogen) atoms. The van der Waals surface area contributed by atoms with Crippen LogP contribution in [0.25, 0.3) is 0 Å². The molecule has 0 aliphatic carbocycles. The minimum atomic E-state index is -0.874. The molecule has 6 nitrogen and oxygen atoms in total. The Morgan fingerprint density at radius 3 is 2.56 bits per heavy atom. The molecule has 3 N–H and O–H groups in total. The van der Waals surface area contributed by atoms with Gasteiger partial charge in [0.2, 0.25) is 0 Å². The second kappa shape index (κ2) is 12.7. The fourth-order valence-corrected chi connectivity index (χ4v) is 0.807. The summed E-state index contributed by atoms with van der Waals surface area (Å²) >= 11 is 0. The molecule has 0 aromatic rings. The Morgan fingerprint density at radius 1 is 1.38 bits per heavy atom. The van der Waals surface area contributed by atoms with Crippen LogP contribution in [0.5, 0.6) is 0 Å². The van der Waals surface area contributed by atoms with Crippen molar-refractivity contribution in [2.45, 2.75) is 0 Å². The Kier molecular flexibility index (Phi) is 14.2. The second-order valence-corrected chi connectivity index (χ2v) is 2.74. The molecule has 0 saturated heterocycles. The largest absolute Gasteiger partial charge is 1.00 e. The van der Waals surface area contributed by atoms with Crippen LogP contribution in [0, 0.1) is 0 Å². The number of hydrogen-bond acceptors (Lipinski definition) is 5. The molecule has 0 fully saturated rings. The molecule has 7 heteroatoms. The molecule has 0 saturated carbocycles. The number of carboxylic acids is 1. The zero-order valence-electron chi connectivity index (χ0n) is 9.53. The maximum atomic E-state index is 10.6. The van der Waals surface area contributed by atoms with Crippen molar-refractivity contribution in [2.75, 3.05) is 32.7 Å². The SMILES string of the molecule is C=CC([O-])=NCCNCCNCC(=O)O.[Na+]. The first-order chi connectivity index (χ1) is 7.16. The molecule has 0 spiro atoms. The fraction of sp³-hybridized carbons (Fsp3) is 0.556. The molecule has 0 atom stereocenters. The van der Waals surface area contributed by atoms with E-state index in [9.17, 15) is 9.90 Å². The molecule has 0 radical (unpaired) electrons. The van der Waals surface area contributed by atoms with Crippen LogP contribution in [-0.4, -0.2) is 49.7 Å². The fourth-order valence-electron chi connectivity index (χ4n) is 0.807. The zero-order chi connectivity index (χ0) is 11.5. The van der Waals surface area contributed by atoms with Gasteiger partial charge < -0.3 is 20.8 Å². The van der Waals surface area contributed by atoms with E-state index < -0.39 is 5.97 Å². The van der Waals surface area contributed by atoms with Crippen molar-refractivity contribution in [2.24, 2.45) is 4.99 Å². The third kappa shape index (κ3) is 13.6. The first kappa shape index (κ1) is 18.0. The van der Waals surface area contributed by atoms with Gasteiger partial charge in [0.1, 0.15) is 0 Å². The van der Waals surface area contributed by atoms with Crippen molar-refractivity contribution in [3.63, 3.8) is 0 Å². The number of rotatable bonds is 9. The van der Waals surface area contributed by atoms with Gasteiger partial charge in [-0.05, 0) is 5.90 Å². The maximum absolute atomic E-state index is 10.6. The predicted octanol–water partition coefficient (Wildman–Crippen LogP) is -4.80. The molecule has 0 amide bonds. The molecule has 0 bridgehead atoms. The van der Waals surface area contributed by atoms with Gasteiger partial charge in [-0.15, -0.1) is 0 Å². The predicted molar refractivity (Wildman–Crippen MR) is 55.9 cm³/mol. The quantitative estimate of drug-likeness (QED) is 0.162. The standard InChI is InChI=1S/C9H17N3O3.Na/c1-2-8(13)12-6-5-10-3-4-11-7-9(14)15;/h2,10-11H,1,3-7H2,(H,12,13)(H,14,15);/q;+1/p-1. The van der Waals surface area contributed by atoms with Crippen molar-refractivity contribution in [1.82, 2.24) is 10.6 Å². The number of carboxylic acid groups (broad SMARTS) is 1. The average Bonchev–Trinajstić information content (AvgIpc) is 2.21. The smallest absolute Gasteiger partial charge is 0.859 e. The summed E-state index contributed by atoms with van der Waals surface area (Å²) in [5, 5.41) is 24.7. The number of aliphatic imine (C=N–C) groups is 1. The number of nitrogens with zero attached hydrogens (tertiary/aromatic N) is 1. The van der Waals surface area contributed by atoms with E-state index in [0.29, 0.717) is 26.2 Å². The summed E-state index contributed by atoms with van der Waals surface area (Å²) in [6.07, 6.45) is 1.16. The summed E-state index contributed by atoms with van der Waals surface area (Å²) in [6, 6.07) is 0. The van der Waals surface area contributed by atoms with Crippen LogP contribution >= 0.6 is 0 Å². The van der Waals surface area contributed by atoms with Crippen LogP contribution in [-0.2, 0) is 4.79 Å². The minimum absolute atomic E-state index is 0. The van der Waals surface area contributed by atoms with E-state index in [4.69, 9.17) is 5.11 Å². The zero-order valence-corrected chi connectivity index (χ0v) is 11.5. The summed E-state index contributed by atoms with van der Waals surface area (Å²) in [5.41, 5.74) is 0. The number of nitrogens with one attached hydrogen (secondary N) is 2. The van der Waals surface area contributed by atoms with Crippen molar-refractivity contribution in [1.29, 1.82) is 0 Å². The molecule has 0 rings (SSSR count). The van der Waals surface area contributed by atoms with Gasteiger partial charge in [0.15, 0.2) is 0 Å². The van der Waals surface area contributed by atoms with E-state index >= 15 is 0 Å².